The third-order valence-corrected chi connectivity index (χ3v) is 6.01. The minimum atomic E-state index is -0.459. The quantitative estimate of drug-likeness (QED) is 0.503. The van der Waals surface area contributed by atoms with Gasteiger partial charge in [0, 0.05) is 36.4 Å². The molecule has 3 aromatic carbocycles. The van der Waals surface area contributed by atoms with Crippen LogP contribution in [0.3, 0.4) is 0 Å². The molecule has 176 valence electrons. The van der Waals surface area contributed by atoms with Gasteiger partial charge in [-0.05, 0) is 48.9 Å². The zero-order valence-corrected chi connectivity index (χ0v) is 19.6. The third-order valence-electron chi connectivity index (χ3n) is 6.01. The minimum Gasteiger partial charge on any atom is -0.497 e. The number of hydrogen-bond donors (Lipinski definition) is 2. The number of rotatable bonds is 8. The van der Waals surface area contributed by atoms with Gasteiger partial charge in [0.15, 0.2) is 0 Å². The molecule has 4 rings (SSSR count). The first-order chi connectivity index (χ1) is 16.5. The molecule has 2 atom stereocenters. The Hall–Kier alpha value is -4.00. The molecule has 1 saturated heterocycles. The highest BCUT2D eigenvalue weighted by Gasteiger charge is 2.36. The molecule has 34 heavy (non-hydrogen) atoms. The fourth-order valence-electron chi connectivity index (χ4n) is 4.09. The first-order valence-electron chi connectivity index (χ1n) is 11.2. The summed E-state index contributed by atoms with van der Waals surface area (Å²) in [6, 6.07) is 23.2. The van der Waals surface area contributed by atoms with Crippen LogP contribution in [-0.2, 0) is 9.59 Å². The predicted octanol–water partition coefficient (Wildman–Crippen LogP) is 4.87. The Morgan fingerprint density at radius 2 is 1.68 bits per heavy atom. The molecule has 0 bridgehead atoms. The van der Waals surface area contributed by atoms with Crippen molar-refractivity contribution in [3.05, 3.63) is 78.4 Å². The van der Waals surface area contributed by atoms with Crippen molar-refractivity contribution in [3.8, 4) is 11.5 Å². The third kappa shape index (κ3) is 5.14. The number of nitrogens with one attached hydrogen (secondary N) is 2. The number of ether oxygens (including phenoxy) is 2. The van der Waals surface area contributed by atoms with Crippen molar-refractivity contribution in [1.82, 2.24) is 0 Å². The number of anilines is 3. The van der Waals surface area contributed by atoms with Crippen LogP contribution in [0.15, 0.2) is 72.8 Å². The van der Waals surface area contributed by atoms with Gasteiger partial charge in [-0.15, -0.1) is 0 Å². The Balaban J connectivity index is 1.38. The SMILES string of the molecule is COc1ccc(OC)c(N2CC(C(=O)Nc3ccc(NC(C)c4ccccc4)cc3)CC2=O)c1. The Morgan fingerprint density at radius 1 is 0.971 bits per heavy atom. The molecule has 1 aliphatic rings. The summed E-state index contributed by atoms with van der Waals surface area (Å²) in [6.07, 6.45) is 0.139. The van der Waals surface area contributed by atoms with Gasteiger partial charge in [0.2, 0.25) is 11.8 Å². The van der Waals surface area contributed by atoms with Crippen LogP contribution in [0.1, 0.15) is 24.9 Å². The van der Waals surface area contributed by atoms with Crippen LogP contribution in [0.25, 0.3) is 0 Å². The van der Waals surface area contributed by atoms with E-state index in [1.165, 1.54) is 5.56 Å². The lowest BCUT2D eigenvalue weighted by atomic mass is 10.1. The van der Waals surface area contributed by atoms with Crippen molar-refractivity contribution in [2.75, 3.05) is 36.3 Å². The molecule has 0 saturated carbocycles. The van der Waals surface area contributed by atoms with Gasteiger partial charge in [0.1, 0.15) is 11.5 Å². The lowest BCUT2D eigenvalue weighted by molar-refractivity contribution is -0.122. The van der Waals surface area contributed by atoms with E-state index >= 15 is 0 Å². The first kappa shape index (κ1) is 23.2. The summed E-state index contributed by atoms with van der Waals surface area (Å²) in [7, 11) is 3.12. The highest BCUT2D eigenvalue weighted by Crippen LogP contribution is 2.36. The largest absolute Gasteiger partial charge is 0.497 e. The Kier molecular flexibility index (Phi) is 7.01. The van der Waals surface area contributed by atoms with E-state index in [1.807, 2.05) is 42.5 Å². The van der Waals surface area contributed by atoms with Crippen LogP contribution in [-0.4, -0.2) is 32.6 Å². The van der Waals surface area contributed by atoms with E-state index in [9.17, 15) is 9.59 Å². The lowest BCUT2D eigenvalue weighted by Crippen LogP contribution is -2.28. The van der Waals surface area contributed by atoms with Gasteiger partial charge in [-0.2, -0.15) is 0 Å². The molecule has 0 spiro atoms. The van der Waals surface area contributed by atoms with Crippen LogP contribution in [0, 0.1) is 5.92 Å². The number of carbonyl (C=O) groups is 2. The number of methoxy groups -OCH3 is 2. The molecule has 2 amide bonds. The number of amides is 2. The van der Waals surface area contributed by atoms with E-state index in [0.29, 0.717) is 22.9 Å². The molecule has 1 fully saturated rings. The molecular formula is C27H29N3O4. The summed E-state index contributed by atoms with van der Waals surface area (Å²) in [5.41, 5.74) is 3.45. The van der Waals surface area contributed by atoms with Gasteiger partial charge in [-0.25, -0.2) is 0 Å². The monoisotopic (exact) mass is 459 g/mol. The molecule has 3 aromatic rings. The topological polar surface area (TPSA) is 79.9 Å². The van der Waals surface area contributed by atoms with Crippen LogP contribution < -0.4 is 25.0 Å². The fraction of sp³-hybridized carbons (Fsp3) is 0.259. The van der Waals surface area contributed by atoms with Gasteiger partial charge in [0.05, 0.1) is 25.8 Å². The second-order valence-corrected chi connectivity index (χ2v) is 8.29. The smallest absolute Gasteiger partial charge is 0.229 e. The first-order valence-corrected chi connectivity index (χ1v) is 11.2. The minimum absolute atomic E-state index is 0.124. The summed E-state index contributed by atoms with van der Waals surface area (Å²) in [4.78, 5) is 27.2. The van der Waals surface area contributed by atoms with Crippen LogP contribution >= 0.6 is 0 Å². The average molecular weight is 460 g/mol. The number of hydrogen-bond acceptors (Lipinski definition) is 5. The highest BCUT2D eigenvalue weighted by molar-refractivity contribution is 6.04. The van der Waals surface area contributed by atoms with Crippen LogP contribution in [0.5, 0.6) is 11.5 Å². The number of benzene rings is 3. The molecule has 0 aliphatic carbocycles. The molecule has 1 heterocycles. The summed E-state index contributed by atoms with van der Waals surface area (Å²) >= 11 is 0. The summed E-state index contributed by atoms with van der Waals surface area (Å²) in [5, 5.41) is 6.40. The molecule has 2 N–H and O–H groups in total. The standard InChI is InChI=1S/C27H29N3O4/c1-18(19-7-5-4-6-8-19)28-21-9-11-22(12-10-21)29-27(32)20-15-26(31)30(17-20)24-16-23(33-2)13-14-25(24)34-3/h4-14,16,18,20,28H,15,17H2,1-3H3,(H,29,32). The highest BCUT2D eigenvalue weighted by atomic mass is 16.5. The fourth-order valence-corrected chi connectivity index (χ4v) is 4.09. The van der Waals surface area contributed by atoms with Gasteiger partial charge >= 0.3 is 0 Å². The van der Waals surface area contributed by atoms with Gasteiger partial charge in [-0.1, -0.05) is 30.3 Å². The van der Waals surface area contributed by atoms with E-state index in [2.05, 4.69) is 29.7 Å². The number of carbonyl (C=O) groups excluding carboxylic acids is 2. The molecule has 0 aromatic heterocycles. The molecule has 2 unspecified atom stereocenters. The van der Waals surface area contributed by atoms with Gasteiger partial charge < -0.3 is 25.0 Å². The van der Waals surface area contributed by atoms with Crippen molar-refractivity contribution in [2.24, 2.45) is 5.92 Å². The maximum Gasteiger partial charge on any atom is 0.229 e. The van der Waals surface area contributed by atoms with Crippen molar-refractivity contribution < 1.29 is 19.1 Å². The maximum atomic E-state index is 12.9. The van der Waals surface area contributed by atoms with Gasteiger partial charge in [-0.3, -0.25) is 9.59 Å². The zero-order valence-electron chi connectivity index (χ0n) is 19.6. The van der Waals surface area contributed by atoms with E-state index < -0.39 is 5.92 Å². The molecule has 7 nitrogen and oxygen atoms in total. The van der Waals surface area contributed by atoms with Crippen LogP contribution in [0.2, 0.25) is 0 Å². The molecule has 0 radical (unpaired) electrons. The Labute approximate surface area is 199 Å². The molecule has 7 heteroatoms. The van der Waals surface area contributed by atoms with Crippen molar-refractivity contribution in [2.45, 2.75) is 19.4 Å². The average Bonchev–Trinajstić information content (AvgIpc) is 3.26. The zero-order chi connectivity index (χ0) is 24.1. The van der Waals surface area contributed by atoms with E-state index in [0.717, 1.165) is 5.69 Å². The lowest BCUT2D eigenvalue weighted by Gasteiger charge is -2.20. The normalized spacial score (nSPS) is 16.1. The van der Waals surface area contributed by atoms with Crippen molar-refractivity contribution in [3.63, 3.8) is 0 Å². The Bertz CT molecular complexity index is 1150. The summed E-state index contributed by atoms with van der Waals surface area (Å²) < 4.78 is 10.7. The summed E-state index contributed by atoms with van der Waals surface area (Å²) in [6.45, 7) is 2.38. The molecule has 1 aliphatic heterocycles. The molecular weight excluding hydrogens is 430 g/mol. The van der Waals surface area contributed by atoms with E-state index in [-0.39, 0.29) is 30.8 Å². The van der Waals surface area contributed by atoms with Crippen LogP contribution in [0.4, 0.5) is 17.1 Å². The van der Waals surface area contributed by atoms with E-state index in [1.54, 1.807) is 37.3 Å². The Morgan fingerprint density at radius 3 is 2.35 bits per heavy atom. The van der Waals surface area contributed by atoms with Gasteiger partial charge in [0.25, 0.3) is 0 Å². The maximum absolute atomic E-state index is 12.9. The second-order valence-electron chi connectivity index (χ2n) is 8.29. The van der Waals surface area contributed by atoms with E-state index in [4.69, 9.17) is 9.47 Å². The predicted molar refractivity (Wildman–Crippen MR) is 134 cm³/mol. The van der Waals surface area contributed by atoms with Crippen molar-refractivity contribution in [1.29, 1.82) is 0 Å². The second kappa shape index (κ2) is 10.3. The summed E-state index contributed by atoms with van der Waals surface area (Å²) in [5.74, 6) is 0.409. The number of nitrogens with zero attached hydrogens (tertiary/aromatic N) is 1. The van der Waals surface area contributed by atoms with Crippen molar-refractivity contribution >= 4 is 28.9 Å².